The molecule has 0 amide bonds. The summed E-state index contributed by atoms with van der Waals surface area (Å²) in [6.07, 6.45) is 0.817. The fraction of sp³-hybridized carbons (Fsp3) is 0.357. The number of benzene rings is 1. The zero-order valence-corrected chi connectivity index (χ0v) is 12.5. The maximum absolute atomic E-state index is 6.16. The number of halogens is 2. The molecule has 0 spiro atoms. The van der Waals surface area contributed by atoms with Crippen LogP contribution in [-0.4, -0.2) is 11.4 Å². The molecule has 102 valence electrons. The average Bonchev–Trinajstić information content (AvgIpc) is 2.66. The Kier molecular flexibility index (Phi) is 3.90. The van der Waals surface area contributed by atoms with Gasteiger partial charge >= 0.3 is 0 Å². The molecule has 0 aromatic heterocycles. The molecular weight excluding hydrogens is 283 g/mol. The lowest BCUT2D eigenvalue weighted by atomic mass is 9.99. The summed E-state index contributed by atoms with van der Waals surface area (Å²) in [4.78, 5) is 4.57. The van der Waals surface area contributed by atoms with Crippen LogP contribution in [0.5, 0.6) is 0 Å². The van der Waals surface area contributed by atoms with Crippen LogP contribution in [-0.2, 0) is 11.3 Å². The van der Waals surface area contributed by atoms with E-state index in [1.165, 1.54) is 0 Å². The van der Waals surface area contributed by atoms with Gasteiger partial charge in [-0.25, -0.2) is 4.99 Å². The highest BCUT2D eigenvalue weighted by molar-refractivity contribution is 6.36. The van der Waals surface area contributed by atoms with Gasteiger partial charge in [-0.2, -0.15) is 0 Å². The van der Waals surface area contributed by atoms with E-state index in [0.717, 1.165) is 17.5 Å². The average molecular weight is 299 g/mol. The van der Waals surface area contributed by atoms with Gasteiger partial charge in [0, 0.05) is 27.7 Å². The second kappa shape index (κ2) is 5.16. The maximum atomic E-state index is 6.16. The molecule has 19 heavy (non-hydrogen) atoms. The SMILES string of the molecule is C=C1OC(c2cc(Cl)c(CN)c(Cl)c2)=NC1(C)CC. The lowest BCUT2D eigenvalue weighted by Crippen LogP contribution is -2.19. The van der Waals surface area contributed by atoms with Gasteiger partial charge in [0.1, 0.15) is 11.3 Å². The van der Waals surface area contributed by atoms with Crippen molar-refractivity contribution in [1.82, 2.24) is 0 Å². The van der Waals surface area contributed by atoms with E-state index < -0.39 is 0 Å². The van der Waals surface area contributed by atoms with Gasteiger partial charge in [0.05, 0.1) is 0 Å². The van der Waals surface area contributed by atoms with Crippen molar-refractivity contribution in [1.29, 1.82) is 0 Å². The number of ether oxygens (including phenoxy) is 1. The van der Waals surface area contributed by atoms with E-state index in [0.29, 0.717) is 28.2 Å². The third-order valence-corrected chi connectivity index (χ3v) is 4.12. The van der Waals surface area contributed by atoms with Crippen molar-refractivity contribution in [3.05, 3.63) is 45.6 Å². The van der Waals surface area contributed by atoms with Gasteiger partial charge in [-0.3, -0.25) is 0 Å². The monoisotopic (exact) mass is 298 g/mol. The number of nitrogens with two attached hydrogens (primary N) is 1. The predicted molar refractivity (Wildman–Crippen MR) is 79.8 cm³/mol. The summed E-state index contributed by atoms with van der Waals surface area (Å²) >= 11 is 12.3. The molecule has 0 bridgehead atoms. The van der Waals surface area contributed by atoms with Gasteiger partial charge in [-0.1, -0.05) is 36.7 Å². The molecule has 2 N–H and O–H groups in total. The summed E-state index contributed by atoms with van der Waals surface area (Å²) < 4.78 is 5.64. The molecule has 1 unspecified atom stereocenters. The minimum atomic E-state index is -0.388. The molecule has 0 aliphatic carbocycles. The summed E-state index contributed by atoms with van der Waals surface area (Å²) in [6, 6.07) is 3.53. The van der Waals surface area contributed by atoms with Crippen molar-refractivity contribution >= 4 is 29.1 Å². The van der Waals surface area contributed by atoms with E-state index in [2.05, 4.69) is 11.6 Å². The summed E-state index contributed by atoms with van der Waals surface area (Å²) in [6.45, 7) is 8.23. The first-order valence-corrected chi connectivity index (χ1v) is 6.82. The molecule has 3 nitrogen and oxygen atoms in total. The van der Waals surface area contributed by atoms with Crippen molar-refractivity contribution < 1.29 is 4.74 Å². The van der Waals surface area contributed by atoms with Crippen molar-refractivity contribution in [2.45, 2.75) is 32.4 Å². The largest absolute Gasteiger partial charge is 0.441 e. The molecule has 0 saturated heterocycles. The molecule has 5 heteroatoms. The van der Waals surface area contributed by atoms with E-state index in [1.54, 1.807) is 12.1 Å². The minimum absolute atomic E-state index is 0.296. The first kappa shape index (κ1) is 14.4. The fourth-order valence-corrected chi connectivity index (χ4v) is 2.50. The second-order valence-corrected chi connectivity index (χ2v) is 5.51. The van der Waals surface area contributed by atoms with Crippen molar-refractivity contribution in [2.75, 3.05) is 0 Å². The van der Waals surface area contributed by atoms with E-state index >= 15 is 0 Å². The Labute approximate surface area is 123 Å². The highest BCUT2D eigenvalue weighted by Gasteiger charge is 2.35. The third-order valence-electron chi connectivity index (χ3n) is 3.45. The molecule has 0 saturated carbocycles. The Bertz CT molecular complexity index is 546. The Morgan fingerprint density at radius 2 is 1.95 bits per heavy atom. The molecule has 1 heterocycles. The van der Waals surface area contributed by atoms with Crippen molar-refractivity contribution in [3.63, 3.8) is 0 Å². The van der Waals surface area contributed by atoms with Crippen LogP contribution < -0.4 is 5.73 Å². The number of hydrogen-bond acceptors (Lipinski definition) is 3. The molecule has 0 radical (unpaired) electrons. The summed E-state index contributed by atoms with van der Waals surface area (Å²) in [7, 11) is 0. The molecule has 1 aliphatic rings. The summed E-state index contributed by atoms with van der Waals surface area (Å²) in [5.74, 6) is 1.14. The first-order chi connectivity index (χ1) is 8.91. The van der Waals surface area contributed by atoms with Crippen molar-refractivity contribution in [3.8, 4) is 0 Å². The second-order valence-electron chi connectivity index (χ2n) is 4.69. The van der Waals surface area contributed by atoms with Gasteiger partial charge in [0.25, 0.3) is 0 Å². The summed E-state index contributed by atoms with van der Waals surface area (Å²) in [5, 5.41) is 1.04. The third kappa shape index (κ3) is 2.50. The van der Waals surface area contributed by atoms with Gasteiger partial charge in [-0.05, 0) is 25.5 Å². The number of aliphatic imine (C=N–C) groups is 1. The predicted octanol–water partition coefficient (Wildman–Crippen LogP) is 3.91. The van der Waals surface area contributed by atoms with Crippen LogP contribution >= 0.6 is 23.2 Å². The van der Waals surface area contributed by atoms with Crippen LogP contribution in [0.15, 0.2) is 29.5 Å². The van der Waals surface area contributed by atoms with Crippen LogP contribution in [0.25, 0.3) is 0 Å². The minimum Gasteiger partial charge on any atom is -0.441 e. The normalized spacial score (nSPS) is 22.4. The van der Waals surface area contributed by atoms with Gasteiger partial charge in [0.2, 0.25) is 5.90 Å². The van der Waals surface area contributed by atoms with Gasteiger partial charge in [0.15, 0.2) is 0 Å². The van der Waals surface area contributed by atoms with E-state index in [4.69, 9.17) is 33.7 Å². The Morgan fingerprint density at radius 3 is 2.37 bits per heavy atom. The van der Waals surface area contributed by atoms with Crippen LogP contribution in [0.1, 0.15) is 31.4 Å². The standard InChI is InChI=1S/C14H16Cl2N2O/c1-4-14(3)8(2)19-13(18-14)9-5-11(15)10(7-17)12(16)6-9/h5-6H,2,4,7,17H2,1,3H3. The molecule has 1 aromatic rings. The van der Waals surface area contributed by atoms with Crippen molar-refractivity contribution in [2.24, 2.45) is 10.7 Å². The number of rotatable bonds is 3. The number of hydrogen-bond donors (Lipinski definition) is 1. The zero-order valence-electron chi connectivity index (χ0n) is 11.0. The van der Waals surface area contributed by atoms with E-state index in [-0.39, 0.29) is 5.54 Å². The first-order valence-electron chi connectivity index (χ1n) is 6.06. The smallest absolute Gasteiger partial charge is 0.222 e. The zero-order chi connectivity index (χ0) is 14.2. The van der Waals surface area contributed by atoms with Crippen LogP contribution in [0.3, 0.4) is 0 Å². The highest BCUT2D eigenvalue weighted by atomic mass is 35.5. The number of nitrogens with zero attached hydrogens (tertiary/aromatic N) is 1. The Morgan fingerprint density at radius 1 is 1.37 bits per heavy atom. The summed E-state index contributed by atoms with van der Waals surface area (Å²) in [5.41, 5.74) is 6.68. The van der Waals surface area contributed by atoms with Gasteiger partial charge in [-0.15, -0.1) is 0 Å². The Hall–Kier alpha value is -1.03. The molecule has 1 atom stereocenters. The van der Waals surface area contributed by atoms with E-state index in [9.17, 15) is 0 Å². The van der Waals surface area contributed by atoms with Crippen LogP contribution in [0.4, 0.5) is 0 Å². The lowest BCUT2D eigenvalue weighted by molar-refractivity contribution is 0.365. The quantitative estimate of drug-likeness (QED) is 0.919. The van der Waals surface area contributed by atoms with Gasteiger partial charge < -0.3 is 10.5 Å². The molecule has 1 aliphatic heterocycles. The van der Waals surface area contributed by atoms with Crippen LogP contribution in [0.2, 0.25) is 10.0 Å². The molecular formula is C14H16Cl2N2O. The molecule has 1 aromatic carbocycles. The molecule has 0 fully saturated rings. The lowest BCUT2D eigenvalue weighted by Gasteiger charge is -2.16. The maximum Gasteiger partial charge on any atom is 0.222 e. The fourth-order valence-electron chi connectivity index (χ4n) is 1.86. The van der Waals surface area contributed by atoms with E-state index in [1.807, 2.05) is 13.8 Å². The highest BCUT2D eigenvalue weighted by Crippen LogP contribution is 2.34. The van der Waals surface area contributed by atoms with Crippen LogP contribution in [0, 0.1) is 0 Å². The topological polar surface area (TPSA) is 47.6 Å². The molecule has 2 rings (SSSR count). The Balaban J connectivity index is 2.45.